The molecule has 0 saturated carbocycles. The van der Waals surface area contributed by atoms with Gasteiger partial charge in [-0.25, -0.2) is 9.97 Å². The summed E-state index contributed by atoms with van der Waals surface area (Å²) >= 11 is 6.18. The number of ether oxygens (including phenoxy) is 2. The molecule has 0 radical (unpaired) electrons. The predicted molar refractivity (Wildman–Crippen MR) is 211 cm³/mol. The van der Waals surface area contributed by atoms with Crippen LogP contribution in [0.25, 0.3) is 17.2 Å². The Morgan fingerprint density at radius 1 is 0.966 bits per heavy atom. The van der Waals surface area contributed by atoms with E-state index in [9.17, 15) is 27.6 Å². The van der Waals surface area contributed by atoms with Crippen LogP contribution < -0.4 is 20.5 Å². The van der Waals surface area contributed by atoms with Crippen molar-refractivity contribution in [2.24, 2.45) is 0 Å². The number of carbonyl (C=O) groups is 2. The Kier molecular flexibility index (Phi) is 10.8. The predicted octanol–water partition coefficient (Wildman–Crippen LogP) is 6.10. The third-order valence-electron chi connectivity index (χ3n) is 10.3. The smallest absolute Gasteiger partial charge is 0.416 e. The molecule has 2 aliphatic rings. The number of piperazine rings is 1. The Bertz CT molecular complexity index is 2640. The molecule has 5 heterocycles. The Hall–Kier alpha value is -6.33. The molecule has 0 aliphatic carbocycles. The van der Waals surface area contributed by atoms with Crippen molar-refractivity contribution in [1.29, 1.82) is 0 Å². The van der Waals surface area contributed by atoms with Crippen LogP contribution in [0.2, 0.25) is 5.02 Å². The van der Waals surface area contributed by atoms with Crippen molar-refractivity contribution in [1.82, 2.24) is 34.0 Å². The lowest BCUT2D eigenvalue weighted by atomic mass is 10.1. The number of carbonyl (C=O) groups excluding carboxylic acids is 2. The summed E-state index contributed by atoms with van der Waals surface area (Å²) in [5.41, 5.74) is 3.52. The number of aromatic nitrogens is 6. The first-order valence-corrected chi connectivity index (χ1v) is 19.2. The highest BCUT2D eigenvalue weighted by Crippen LogP contribution is 2.34. The molecule has 0 atom stereocenters. The van der Waals surface area contributed by atoms with Crippen molar-refractivity contribution in [3.63, 3.8) is 0 Å². The molecule has 1 saturated heterocycles. The minimum atomic E-state index is -4.62. The van der Waals surface area contributed by atoms with E-state index in [1.807, 2.05) is 60.4 Å². The molecular formula is C41H37ClF3N9O5. The maximum atomic E-state index is 14.5. The zero-order valence-electron chi connectivity index (χ0n) is 31.9. The van der Waals surface area contributed by atoms with Crippen LogP contribution in [0.1, 0.15) is 51.1 Å². The number of anilines is 2. The van der Waals surface area contributed by atoms with Gasteiger partial charge in [-0.05, 0) is 54.3 Å². The maximum absolute atomic E-state index is 14.5. The van der Waals surface area contributed by atoms with Crippen LogP contribution in [0.3, 0.4) is 0 Å². The number of alkyl halides is 3. The van der Waals surface area contributed by atoms with E-state index in [-0.39, 0.29) is 85.4 Å². The lowest BCUT2D eigenvalue weighted by Gasteiger charge is -2.36. The third-order valence-corrected chi connectivity index (χ3v) is 10.6. The van der Waals surface area contributed by atoms with Gasteiger partial charge in [0.1, 0.15) is 25.2 Å². The fraction of sp³-hybridized carbons (Fsp3) is 0.293. The SMILES string of the molecule is CCc1c(N2CCN(C(=O)c3ncnc(C)c3OCc3ccccc3)CC2)c(=O)n2nc(-c3ccc4c(c3)COC4)nc2n1CC(=O)Nc1ccc(C(F)(F)F)cc1Cl. The van der Waals surface area contributed by atoms with Crippen LogP contribution in [0, 0.1) is 6.92 Å². The molecule has 2 amide bonds. The molecule has 304 valence electrons. The first-order valence-electron chi connectivity index (χ1n) is 18.8. The van der Waals surface area contributed by atoms with Crippen LogP contribution in [0.4, 0.5) is 24.5 Å². The van der Waals surface area contributed by atoms with Gasteiger partial charge in [-0.2, -0.15) is 22.7 Å². The van der Waals surface area contributed by atoms with E-state index in [0.717, 1.165) is 39.4 Å². The minimum Gasteiger partial charge on any atom is -0.485 e. The topological polar surface area (TPSA) is 149 Å². The molecular weight excluding hydrogens is 791 g/mol. The van der Waals surface area contributed by atoms with E-state index >= 15 is 0 Å². The van der Waals surface area contributed by atoms with Gasteiger partial charge in [0.2, 0.25) is 11.7 Å². The van der Waals surface area contributed by atoms with Gasteiger partial charge in [0.05, 0.1) is 40.9 Å². The van der Waals surface area contributed by atoms with Crippen LogP contribution in [0.5, 0.6) is 5.75 Å². The van der Waals surface area contributed by atoms with Crippen molar-refractivity contribution >= 4 is 40.6 Å². The van der Waals surface area contributed by atoms with Gasteiger partial charge in [0, 0.05) is 31.7 Å². The molecule has 0 unspecified atom stereocenters. The average Bonchev–Trinajstić information content (AvgIpc) is 3.90. The van der Waals surface area contributed by atoms with Gasteiger partial charge >= 0.3 is 6.18 Å². The highest BCUT2D eigenvalue weighted by Gasteiger charge is 2.33. The second kappa shape index (κ2) is 16.1. The molecule has 14 nitrogen and oxygen atoms in total. The quantitative estimate of drug-likeness (QED) is 0.172. The Morgan fingerprint density at radius 2 is 1.73 bits per heavy atom. The second-order valence-electron chi connectivity index (χ2n) is 14.1. The summed E-state index contributed by atoms with van der Waals surface area (Å²) in [6.07, 6.45) is -3.01. The fourth-order valence-electron chi connectivity index (χ4n) is 7.29. The number of nitrogens with one attached hydrogen (secondary N) is 1. The summed E-state index contributed by atoms with van der Waals surface area (Å²) < 4.78 is 54.3. The fourth-order valence-corrected chi connectivity index (χ4v) is 7.52. The van der Waals surface area contributed by atoms with Crippen LogP contribution in [-0.2, 0) is 48.5 Å². The molecule has 18 heteroatoms. The standard InChI is InChI=1S/C41H37ClF3N9O5/c1-3-32-35(51-13-15-52(16-14-51)38(56)34-36(24(2)46-23-47-34)59-20-25-7-5-4-6-8-25)39(57)54-40(49-37(50-54)26-9-10-27-21-58-22-28(27)17-26)53(32)19-33(55)48-31-12-11-29(18-30(31)42)41(43,44)45/h4-12,17-18,23H,3,13-16,19-22H2,1-2H3,(H,48,55). The van der Waals surface area contributed by atoms with Crippen LogP contribution in [-0.4, -0.2) is 72.0 Å². The van der Waals surface area contributed by atoms with Gasteiger partial charge in [0.15, 0.2) is 17.3 Å². The second-order valence-corrected chi connectivity index (χ2v) is 14.5. The van der Waals surface area contributed by atoms with Crippen molar-refractivity contribution in [2.75, 3.05) is 36.4 Å². The van der Waals surface area contributed by atoms with E-state index < -0.39 is 23.2 Å². The van der Waals surface area contributed by atoms with E-state index in [1.54, 1.807) is 16.4 Å². The Balaban J connectivity index is 1.10. The average molecular weight is 828 g/mol. The summed E-state index contributed by atoms with van der Waals surface area (Å²) in [5.74, 6) is -0.345. The first kappa shape index (κ1) is 39.5. The summed E-state index contributed by atoms with van der Waals surface area (Å²) in [6, 6.07) is 17.9. The number of nitrogens with zero attached hydrogens (tertiary/aromatic N) is 8. The van der Waals surface area contributed by atoms with E-state index in [0.29, 0.717) is 35.9 Å². The Morgan fingerprint density at radius 3 is 2.46 bits per heavy atom. The molecule has 1 fully saturated rings. The molecule has 3 aromatic heterocycles. The number of hydrogen-bond acceptors (Lipinski definition) is 10. The number of aryl methyl sites for hydroxylation is 1. The molecule has 6 aromatic rings. The largest absolute Gasteiger partial charge is 0.485 e. The van der Waals surface area contributed by atoms with Crippen LogP contribution >= 0.6 is 11.6 Å². The highest BCUT2D eigenvalue weighted by atomic mass is 35.5. The zero-order valence-corrected chi connectivity index (χ0v) is 32.7. The normalized spacial score (nSPS) is 14.1. The van der Waals surface area contributed by atoms with Crippen molar-refractivity contribution < 1.29 is 32.2 Å². The number of hydrogen-bond donors (Lipinski definition) is 1. The van der Waals surface area contributed by atoms with Gasteiger partial charge in [0.25, 0.3) is 11.5 Å². The summed E-state index contributed by atoms with van der Waals surface area (Å²) in [7, 11) is 0. The number of rotatable bonds is 10. The lowest BCUT2D eigenvalue weighted by molar-refractivity contribution is -0.137. The summed E-state index contributed by atoms with van der Waals surface area (Å²) in [4.78, 5) is 58.9. The number of halogens is 4. The van der Waals surface area contributed by atoms with Crippen molar-refractivity contribution in [2.45, 2.75) is 52.8 Å². The molecule has 0 bridgehead atoms. The van der Waals surface area contributed by atoms with Gasteiger partial charge < -0.3 is 29.2 Å². The van der Waals surface area contributed by atoms with Crippen molar-refractivity contribution in [3.05, 3.63) is 128 Å². The minimum absolute atomic E-state index is 0.0178. The van der Waals surface area contributed by atoms with E-state index in [4.69, 9.17) is 26.1 Å². The van der Waals surface area contributed by atoms with E-state index in [2.05, 4.69) is 20.4 Å². The van der Waals surface area contributed by atoms with Gasteiger partial charge in [-0.15, -0.1) is 5.10 Å². The van der Waals surface area contributed by atoms with Crippen LogP contribution in [0.15, 0.2) is 77.9 Å². The van der Waals surface area contributed by atoms with E-state index in [1.165, 1.54) is 6.33 Å². The highest BCUT2D eigenvalue weighted by molar-refractivity contribution is 6.33. The molecule has 59 heavy (non-hydrogen) atoms. The molecule has 2 aliphatic heterocycles. The summed E-state index contributed by atoms with van der Waals surface area (Å²) in [5, 5.41) is 6.95. The maximum Gasteiger partial charge on any atom is 0.416 e. The molecule has 1 N–H and O–H groups in total. The number of benzene rings is 3. The lowest BCUT2D eigenvalue weighted by Crippen LogP contribution is -2.51. The molecule has 3 aromatic carbocycles. The Labute approximate surface area is 340 Å². The molecule has 0 spiro atoms. The van der Waals surface area contributed by atoms with Crippen molar-refractivity contribution in [3.8, 4) is 17.1 Å². The van der Waals surface area contributed by atoms with Gasteiger partial charge in [-0.1, -0.05) is 61.0 Å². The molecule has 8 rings (SSSR count). The summed E-state index contributed by atoms with van der Waals surface area (Å²) in [6.45, 7) is 5.30. The first-order chi connectivity index (χ1) is 28.4. The van der Waals surface area contributed by atoms with Gasteiger partial charge in [-0.3, -0.25) is 14.4 Å². The number of fused-ring (bicyclic) bond motifs is 2. The zero-order chi connectivity index (χ0) is 41.4. The monoisotopic (exact) mass is 827 g/mol. The third kappa shape index (κ3) is 7.94. The number of amides is 2.